The number of carbonyl (C=O) groups excluding carboxylic acids is 3. The number of anilines is 1. The van der Waals surface area contributed by atoms with Crippen molar-refractivity contribution in [1.29, 1.82) is 0 Å². The molecule has 2 aliphatic rings. The first-order valence-electron chi connectivity index (χ1n) is 9.89. The summed E-state index contributed by atoms with van der Waals surface area (Å²) in [6.45, 7) is 3.58. The van der Waals surface area contributed by atoms with Gasteiger partial charge in [-0.1, -0.05) is 36.4 Å². The highest BCUT2D eigenvalue weighted by Gasteiger charge is 2.60. The van der Waals surface area contributed by atoms with Crippen molar-refractivity contribution in [2.24, 2.45) is 5.10 Å². The summed E-state index contributed by atoms with van der Waals surface area (Å²) < 4.78 is 5.75. The van der Waals surface area contributed by atoms with Crippen LogP contribution in [0.15, 0.2) is 59.7 Å². The summed E-state index contributed by atoms with van der Waals surface area (Å²) >= 11 is 1.08. The number of fused-ring (bicyclic) bond motifs is 2. The lowest BCUT2D eigenvalue weighted by molar-refractivity contribution is -0.139. The van der Waals surface area contributed by atoms with Gasteiger partial charge < -0.3 is 15.0 Å². The summed E-state index contributed by atoms with van der Waals surface area (Å²) in [5.74, 6) is -0.196. The first-order valence-corrected chi connectivity index (χ1v) is 10.7. The van der Waals surface area contributed by atoms with E-state index in [2.05, 4.69) is 10.4 Å². The van der Waals surface area contributed by atoms with E-state index in [1.54, 1.807) is 4.90 Å². The number of hydrogen-bond donors (Lipinski definition) is 1. The van der Waals surface area contributed by atoms with Crippen LogP contribution in [0.25, 0.3) is 0 Å². The summed E-state index contributed by atoms with van der Waals surface area (Å²) in [7, 11) is 0. The van der Waals surface area contributed by atoms with E-state index in [9.17, 15) is 14.4 Å². The van der Waals surface area contributed by atoms with Crippen LogP contribution in [0.5, 0.6) is 5.75 Å². The number of benzene rings is 2. The van der Waals surface area contributed by atoms with Crippen molar-refractivity contribution in [2.75, 3.05) is 18.1 Å². The lowest BCUT2D eigenvalue weighted by atomic mass is 10.1. The molecule has 0 bridgehead atoms. The van der Waals surface area contributed by atoms with Gasteiger partial charge in [-0.15, -0.1) is 5.10 Å². The summed E-state index contributed by atoms with van der Waals surface area (Å²) in [5, 5.41) is 8.24. The van der Waals surface area contributed by atoms with E-state index in [4.69, 9.17) is 4.74 Å². The van der Waals surface area contributed by atoms with Crippen molar-refractivity contribution in [3.63, 3.8) is 0 Å². The summed E-state index contributed by atoms with van der Waals surface area (Å²) in [4.78, 5) is 38.0. The molecule has 0 saturated heterocycles. The summed E-state index contributed by atoms with van der Waals surface area (Å²) in [6, 6.07) is 16.8. The monoisotopic (exact) mass is 438 g/mol. The van der Waals surface area contributed by atoms with Gasteiger partial charge in [0.25, 0.3) is 5.91 Å². The Morgan fingerprint density at radius 1 is 1.10 bits per heavy atom. The number of rotatable bonds is 5. The van der Waals surface area contributed by atoms with Crippen LogP contribution in [0.2, 0.25) is 0 Å². The molecule has 1 spiro atoms. The Labute approximate surface area is 184 Å². The fourth-order valence-electron chi connectivity index (χ4n) is 3.72. The molecule has 0 aliphatic carbocycles. The van der Waals surface area contributed by atoms with Crippen LogP contribution in [0, 0.1) is 0 Å². The Morgan fingerprint density at radius 3 is 2.52 bits per heavy atom. The number of ether oxygens (including phenoxy) is 1. The molecule has 0 radical (unpaired) electrons. The SMILES string of the molecule is CC(=O)NC1=NN(C(C)=O)[C@]2(S1)C(=O)N(CCCOc1ccccc1)c1ccccc12. The fraction of sp³-hybridized carbons (Fsp3) is 0.273. The zero-order valence-electron chi connectivity index (χ0n) is 17.2. The molecule has 0 aromatic heterocycles. The maximum atomic E-state index is 13.7. The predicted octanol–water partition coefficient (Wildman–Crippen LogP) is 2.66. The third kappa shape index (κ3) is 3.76. The standard InChI is InChI=1S/C22H22N4O4S/c1-15(27)23-21-24-26(16(2)28)22(31-21)18-11-6-7-12-19(18)25(20(22)29)13-8-14-30-17-9-4-3-5-10-17/h3-7,9-12H,8,13-14H2,1-2H3,(H,23,24,27)/t22-/m1/s1. The minimum Gasteiger partial charge on any atom is -0.494 e. The van der Waals surface area contributed by atoms with E-state index < -0.39 is 4.87 Å². The van der Waals surface area contributed by atoms with Crippen LogP contribution >= 0.6 is 11.8 Å². The van der Waals surface area contributed by atoms with Gasteiger partial charge >= 0.3 is 0 Å². The van der Waals surface area contributed by atoms with Crippen molar-refractivity contribution < 1.29 is 19.1 Å². The van der Waals surface area contributed by atoms with Gasteiger partial charge in [0.05, 0.1) is 12.3 Å². The largest absolute Gasteiger partial charge is 0.494 e. The number of thioether (sulfide) groups is 1. The maximum Gasteiger partial charge on any atom is 0.270 e. The third-order valence-corrected chi connectivity index (χ3v) is 6.19. The van der Waals surface area contributed by atoms with E-state index in [1.807, 2.05) is 54.6 Å². The van der Waals surface area contributed by atoms with Crippen LogP contribution in [0.3, 0.4) is 0 Å². The summed E-state index contributed by atoms with van der Waals surface area (Å²) in [5.41, 5.74) is 1.40. The number of nitrogens with one attached hydrogen (secondary N) is 1. The molecular weight excluding hydrogens is 416 g/mol. The number of carbonyl (C=O) groups is 3. The molecule has 9 heteroatoms. The van der Waals surface area contributed by atoms with E-state index in [-0.39, 0.29) is 22.9 Å². The van der Waals surface area contributed by atoms with Crippen LogP contribution in [-0.2, 0) is 19.3 Å². The molecule has 1 atom stereocenters. The Balaban J connectivity index is 1.57. The smallest absolute Gasteiger partial charge is 0.270 e. The van der Waals surface area contributed by atoms with Crippen molar-refractivity contribution in [3.05, 3.63) is 60.2 Å². The van der Waals surface area contributed by atoms with Crippen molar-refractivity contribution in [3.8, 4) is 5.75 Å². The molecule has 1 N–H and O–H groups in total. The second-order valence-corrected chi connectivity index (χ2v) is 8.33. The number of hydrogen-bond acceptors (Lipinski definition) is 6. The molecule has 2 aromatic rings. The number of para-hydroxylation sites is 2. The Morgan fingerprint density at radius 2 is 1.81 bits per heavy atom. The Bertz CT molecular complexity index is 1060. The molecule has 0 saturated carbocycles. The Kier molecular flexibility index (Phi) is 5.69. The molecule has 160 valence electrons. The topological polar surface area (TPSA) is 91.3 Å². The second-order valence-electron chi connectivity index (χ2n) is 7.15. The number of amides is 3. The average Bonchev–Trinajstić information content (AvgIpc) is 3.24. The normalized spacial score (nSPS) is 19.4. The quantitative estimate of drug-likeness (QED) is 0.725. The van der Waals surface area contributed by atoms with Gasteiger partial charge in [0.15, 0.2) is 5.17 Å². The minimum atomic E-state index is -1.36. The molecule has 0 fully saturated rings. The van der Waals surface area contributed by atoms with Crippen LogP contribution in [-0.4, -0.2) is 41.0 Å². The van der Waals surface area contributed by atoms with Crippen LogP contribution in [0.4, 0.5) is 5.69 Å². The second kappa shape index (κ2) is 8.43. The third-order valence-electron chi connectivity index (χ3n) is 4.95. The maximum absolute atomic E-state index is 13.7. The van der Waals surface area contributed by atoms with E-state index in [1.165, 1.54) is 18.9 Å². The first-order chi connectivity index (χ1) is 14.9. The minimum absolute atomic E-state index is 0.222. The van der Waals surface area contributed by atoms with Gasteiger partial charge in [-0.3, -0.25) is 14.4 Å². The molecule has 4 rings (SSSR count). The average molecular weight is 439 g/mol. The molecule has 2 heterocycles. The molecule has 2 aromatic carbocycles. The predicted molar refractivity (Wildman–Crippen MR) is 118 cm³/mol. The van der Waals surface area contributed by atoms with Crippen LogP contribution in [0.1, 0.15) is 25.8 Å². The van der Waals surface area contributed by atoms with Gasteiger partial charge in [0.1, 0.15) is 5.75 Å². The van der Waals surface area contributed by atoms with Crippen molar-refractivity contribution in [2.45, 2.75) is 25.1 Å². The van der Waals surface area contributed by atoms with Gasteiger partial charge in [0.2, 0.25) is 16.7 Å². The fourth-order valence-corrected chi connectivity index (χ4v) is 5.05. The zero-order valence-corrected chi connectivity index (χ0v) is 18.0. The van der Waals surface area contributed by atoms with E-state index in [0.29, 0.717) is 25.1 Å². The molecule has 2 aliphatic heterocycles. The zero-order chi connectivity index (χ0) is 22.0. The van der Waals surface area contributed by atoms with E-state index in [0.717, 1.165) is 23.2 Å². The molecule has 31 heavy (non-hydrogen) atoms. The van der Waals surface area contributed by atoms with E-state index >= 15 is 0 Å². The van der Waals surface area contributed by atoms with Gasteiger partial charge in [-0.25, -0.2) is 0 Å². The molecular formula is C22H22N4O4S. The summed E-state index contributed by atoms with van der Waals surface area (Å²) in [6.07, 6.45) is 0.606. The first kappa shape index (κ1) is 20.9. The molecule has 3 amide bonds. The highest BCUT2D eigenvalue weighted by molar-refractivity contribution is 8.15. The van der Waals surface area contributed by atoms with Gasteiger partial charge in [0, 0.05) is 26.0 Å². The highest BCUT2D eigenvalue weighted by Crippen LogP contribution is 2.54. The molecule has 0 unspecified atom stereocenters. The van der Waals surface area contributed by atoms with Crippen molar-refractivity contribution >= 4 is 40.3 Å². The number of amidine groups is 1. The van der Waals surface area contributed by atoms with Gasteiger partial charge in [-0.05, 0) is 36.4 Å². The van der Waals surface area contributed by atoms with Gasteiger partial charge in [-0.2, -0.15) is 5.01 Å². The highest BCUT2D eigenvalue weighted by atomic mass is 32.2. The lowest BCUT2D eigenvalue weighted by Crippen LogP contribution is -2.48. The molecule has 8 nitrogen and oxygen atoms in total. The van der Waals surface area contributed by atoms with Crippen molar-refractivity contribution in [1.82, 2.24) is 10.3 Å². The number of nitrogens with zero attached hydrogens (tertiary/aromatic N) is 3. The Hall–Kier alpha value is -3.33. The number of hydrazone groups is 1. The lowest BCUT2D eigenvalue weighted by Gasteiger charge is -2.29. The van der Waals surface area contributed by atoms with Crippen LogP contribution < -0.4 is 15.0 Å².